The SMILES string of the molecule is CN(C)C(=C(C#N)C#N)N(C)/N=C/c1ccccc1. The van der Waals surface area contributed by atoms with Crippen LogP contribution in [0, 0.1) is 22.7 Å². The van der Waals surface area contributed by atoms with Gasteiger partial charge in [0.1, 0.15) is 12.1 Å². The highest BCUT2D eigenvalue weighted by molar-refractivity contribution is 5.79. The van der Waals surface area contributed by atoms with Crippen LogP contribution in [0.4, 0.5) is 0 Å². The summed E-state index contributed by atoms with van der Waals surface area (Å²) in [5.74, 6) is 0.456. The van der Waals surface area contributed by atoms with E-state index < -0.39 is 0 Å². The lowest BCUT2D eigenvalue weighted by molar-refractivity contribution is 0.310. The van der Waals surface area contributed by atoms with Crippen molar-refractivity contribution in [3.8, 4) is 12.1 Å². The van der Waals surface area contributed by atoms with Crippen LogP contribution in [0.1, 0.15) is 5.56 Å². The normalized spacial score (nSPS) is 9.53. The van der Waals surface area contributed by atoms with Crippen LogP contribution in [-0.2, 0) is 0 Å². The maximum atomic E-state index is 8.94. The molecule has 5 nitrogen and oxygen atoms in total. The van der Waals surface area contributed by atoms with Crippen LogP contribution in [0.2, 0.25) is 0 Å². The van der Waals surface area contributed by atoms with Crippen LogP contribution in [0.5, 0.6) is 0 Å². The fraction of sp³-hybridized carbons (Fsp3) is 0.214. The van der Waals surface area contributed by atoms with E-state index in [1.165, 1.54) is 5.01 Å². The van der Waals surface area contributed by atoms with E-state index in [4.69, 9.17) is 10.5 Å². The number of rotatable bonds is 4. The van der Waals surface area contributed by atoms with Gasteiger partial charge in [0.2, 0.25) is 0 Å². The molecule has 0 saturated carbocycles. The molecule has 1 aromatic rings. The predicted octanol–water partition coefficient (Wildman–Crippen LogP) is 1.77. The summed E-state index contributed by atoms with van der Waals surface area (Å²) in [6, 6.07) is 13.4. The van der Waals surface area contributed by atoms with E-state index in [9.17, 15) is 0 Å². The van der Waals surface area contributed by atoms with E-state index in [0.29, 0.717) is 5.82 Å². The first-order valence-electron chi connectivity index (χ1n) is 5.64. The van der Waals surface area contributed by atoms with Crippen molar-refractivity contribution in [3.05, 3.63) is 47.3 Å². The molecule has 0 bridgehead atoms. The second kappa shape index (κ2) is 6.83. The number of nitriles is 2. The molecule has 5 heteroatoms. The van der Waals surface area contributed by atoms with Crippen LogP contribution in [0.15, 0.2) is 46.8 Å². The van der Waals surface area contributed by atoms with Gasteiger partial charge in [0.05, 0.1) is 6.21 Å². The number of nitrogens with zero attached hydrogens (tertiary/aromatic N) is 5. The van der Waals surface area contributed by atoms with Crippen LogP contribution in [0.3, 0.4) is 0 Å². The summed E-state index contributed by atoms with van der Waals surface area (Å²) in [7, 11) is 5.22. The second-order valence-electron chi connectivity index (χ2n) is 4.00. The molecule has 0 unspecified atom stereocenters. The number of allylic oxidation sites excluding steroid dienone is 1. The standard InChI is InChI=1S/C14H15N5/c1-18(2)14(13(9-15)10-16)19(3)17-11-12-7-5-4-6-8-12/h4-8,11H,1-3H3/b17-11+. The molecule has 0 saturated heterocycles. The Labute approximate surface area is 113 Å². The average molecular weight is 253 g/mol. The molecule has 0 aliphatic heterocycles. The molecule has 0 aromatic heterocycles. The van der Waals surface area contributed by atoms with Gasteiger partial charge in [-0.15, -0.1) is 0 Å². The monoisotopic (exact) mass is 253 g/mol. The summed E-state index contributed by atoms with van der Waals surface area (Å²) >= 11 is 0. The van der Waals surface area contributed by atoms with Crippen molar-refractivity contribution in [3.63, 3.8) is 0 Å². The van der Waals surface area contributed by atoms with Gasteiger partial charge in [0.15, 0.2) is 11.4 Å². The fourth-order valence-electron chi connectivity index (χ4n) is 1.55. The van der Waals surface area contributed by atoms with E-state index in [1.54, 1.807) is 32.3 Å². The Balaban J connectivity index is 3.02. The summed E-state index contributed by atoms with van der Waals surface area (Å²) in [6.07, 6.45) is 1.68. The molecule has 0 radical (unpaired) electrons. The van der Waals surface area contributed by atoms with E-state index in [2.05, 4.69) is 5.10 Å². The minimum atomic E-state index is 0.0257. The Bertz CT molecular complexity index is 542. The lowest BCUT2D eigenvalue weighted by Gasteiger charge is -2.23. The van der Waals surface area contributed by atoms with Crippen molar-refractivity contribution in [2.75, 3.05) is 21.1 Å². The third-order valence-electron chi connectivity index (χ3n) is 2.36. The maximum Gasteiger partial charge on any atom is 0.171 e. The molecule has 0 amide bonds. The number of hydrogen-bond acceptors (Lipinski definition) is 5. The van der Waals surface area contributed by atoms with Gasteiger partial charge >= 0.3 is 0 Å². The topological polar surface area (TPSA) is 66.4 Å². The van der Waals surface area contributed by atoms with Crippen molar-refractivity contribution >= 4 is 6.21 Å². The third-order valence-corrected chi connectivity index (χ3v) is 2.36. The quantitative estimate of drug-likeness (QED) is 0.466. The molecule has 0 aliphatic rings. The first kappa shape index (κ1) is 14.3. The summed E-state index contributed by atoms with van der Waals surface area (Å²) in [4.78, 5) is 1.68. The highest BCUT2D eigenvalue weighted by Crippen LogP contribution is 2.11. The molecule has 0 spiro atoms. The Morgan fingerprint density at radius 1 is 1.11 bits per heavy atom. The van der Waals surface area contributed by atoms with E-state index in [1.807, 2.05) is 42.5 Å². The average Bonchev–Trinajstić information content (AvgIpc) is 2.42. The zero-order chi connectivity index (χ0) is 14.3. The van der Waals surface area contributed by atoms with Gasteiger partial charge in [-0.3, -0.25) is 5.01 Å². The molecule has 0 N–H and O–H groups in total. The molecule has 0 aliphatic carbocycles. The first-order chi connectivity index (χ1) is 9.10. The van der Waals surface area contributed by atoms with E-state index in [-0.39, 0.29) is 5.57 Å². The van der Waals surface area contributed by atoms with Gasteiger partial charge < -0.3 is 4.90 Å². The smallest absolute Gasteiger partial charge is 0.171 e. The largest absolute Gasteiger partial charge is 0.361 e. The molecular formula is C14H15N5. The molecule has 1 aromatic carbocycles. The predicted molar refractivity (Wildman–Crippen MR) is 73.7 cm³/mol. The summed E-state index contributed by atoms with van der Waals surface area (Å²) in [6.45, 7) is 0. The van der Waals surface area contributed by atoms with Crippen molar-refractivity contribution < 1.29 is 0 Å². The van der Waals surface area contributed by atoms with Crippen molar-refractivity contribution in [2.24, 2.45) is 5.10 Å². The molecule has 0 atom stereocenters. The minimum Gasteiger partial charge on any atom is -0.361 e. The number of benzene rings is 1. The molecule has 19 heavy (non-hydrogen) atoms. The maximum absolute atomic E-state index is 8.94. The van der Waals surface area contributed by atoms with Crippen LogP contribution in [0.25, 0.3) is 0 Å². The number of hydrogen-bond donors (Lipinski definition) is 0. The fourth-order valence-corrected chi connectivity index (χ4v) is 1.55. The van der Waals surface area contributed by atoms with Crippen LogP contribution < -0.4 is 0 Å². The molecule has 96 valence electrons. The Morgan fingerprint density at radius 3 is 2.16 bits per heavy atom. The van der Waals surface area contributed by atoms with Gasteiger partial charge in [0, 0.05) is 21.1 Å². The Morgan fingerprint density at radius 2 is 1.68 bits per heavy atom. The van der Waals surface area contributed by atoms with Gasteiger partial charge in [-0.25, -0.2) is 0 Å². The first-order valence-corrected chi connectivity index (χ1v) is 5.64. The molecular weight excluding hydrogens is 238 g/mol. The molecule has 0 heterocycles. The van der Waals surface area contributed by atoms with Gasteiger partial charge in [-0.1, -0.05) is 30.3 Å². The van der Waals surface area contributed by atoms with E-state index in [0.717, 1.165) is 5.56 Å². The van der Waals surface area contributed by atoms with Gasteiger partial charge in [0.25, 0.3) is 0 Å². The lowest BCUT2D eigenvalue weighted by atomic mass is 10.2. The minimum absolute atomic E-state index is 0.0257. The Kier molecular flexibility index (Phi) is 5.13. The highest BCUT2D eigenvalue weighted by Gasteiger charge is 2.12. The zero-order valence-electron chi connectivity index (χ0n) is 11.2. The lowest BCUT2D eigenvalue weighted by Crippen LogP contribution is -2.25. The second-order valence-corrected chi connectivity index (χ2v) is 4.00. The van der Waals surface area contributed by atoms with Crippen molar-refractivity contribution in [1.82, 2.24) is 9.91 Å². The van der Waals surface area contributed by atoms with Crippen LogP contribution in [-0.4, -0.2) is 37.3 Å². The third kappa shape index (κ3) is 3.86. The van der Waals surface area contributed by atoms with Crippen molar-refractivity contribution in [1.29, 1.82) is 10.5 Å². The van der Waals surface area contributed by atoms with Gasteiger partial charge in [-0.05, 0) is 5.56 Å². The number of hydrazone groups is 1. The summed E-state index contributed by atoms with van der Waals surface area (Å²) in [5, 5.41) is 23.6. The molecule has 0 fully saturated rings. The Hall–Kier alpha value is -2.79. The zero-order valence-corrected chi connectivity index (χ0v) is 11.2. The van der Waals surface area contributed by atoms with E-state index >= 15 is 0 Å². The van der Waals surface area contributed by atoms with Crippen molar-refractivity contribution in [2.45, 2.75) is 0 Å². The van der Waals surface area contributed by atoms with Gasteiger partial charge in [-0.2, -0.15) is 15.6 Å². The summed E-state index contributed by atoms with van der Waals surface area (Å²) < 4.78 is 0. The molecule has 1 rings (SSSR count). The van der Waals surface area contributed by atoms with Crippen LogP contribution >= 0.6 is 0 Å². The summed E-state index contributed by atoms with van der Waals surface area (Å²) in [5.41, 5.74) is 0.973. The highest BCUT2D eigenvalue weighted by atomic mass is 15.5.